The Morgan fingerprint density at radius 2 is 1.88 bits per heavy atom. The molecule has 0 amide bonds. The maximum atomic E-state index is 2.76. The van der Waals surface area contributed by atoms with E-state index in [0.29, 0.717) is 11.5 Å². The lowest BCUT2D eigenvalue weighted by molar-refractivity contribution is -0.709. The van der Waals surface area contributed by atoms with Gasteiger partial charge in [0.2, 0.25) is 11.2 Å². The number of aromatic nitrogens is 1. The molecule has 3 heterocycles. The molecule has 3 unspecified atom stereocenters. The molecule has 1 saturated carbocycles. The van der Waals surface area contributed by atoms with Crippen molar-refractivity contribution in [3.8, 4) is 11.3 Å². The minimum atomic E-state index is 0.319. The van der Waals surface area contributed by atoms with Crippen LogP contribution in [0, 0.1) is 19.8 Å². The Bertz CT molecular complexity index is 1090. The van der Waals surface area contributed by atoms with E-state index in [1.165, 1.54) is 64.5 Å². The van der Waals surface area contributed by atoms with Crippen LogP contribution >= 0.6 is 0 Å². The van der Waals surface area contributed by atoms with Crippen molar-refractivity contribution in [2.24, 2.45) is 5.92 Å². The van der Waals surface area contributed by atoms with E-state index in [1.54, 1.807) is 5.56 Å². The standard InChI is InChI=1S/C25H26N/c1-15-8-9-25-14-21(25)24-17(3)10-16(2)12-20(24)22-7-6-19-5-4-18(11-15)13-23(19)26(22)25/h4-7,10,12-13,15,21H,8-9,11,14H2,1-3H3/q+1. The van der Waals surface area contributed by atoms with E-state index in [-0.39, 0.29) is 0 Å². The highest BCUT2D eigenvalue weighted by atomic mass is 15.1. The second-order valence-corrected chi connectivity index (χ2v) is 9.20. The van der Waals surface area contributed by atoms with E-state index in [9.17, 15) is 0 Å². The normalized spacial score (nSPS) is 28.1. The third-order valence-electron chi connectivity index (χ3n) is 7.30. The van der Waals surface area contributed by atoms with Gasteiger partial charge < -0.3 is 0 Å². The van der Waals surface area contributed by atoms with Crippen LogP contribution in [-0.2, 0) is 12.0 Å². The third kappa shape index (κ3) is 1.79. The van der Waals surface area contributed by atoms with E-state index >= 15 is 0 Å². The summed E-state index contributed by atoms with van der Waals surface area (Å²) in [4.78, 5) is 0. The predicted octanol–water partition coefficient (Wildman–Crippen LogP) is 5.58. The van der Waals surface area contributed by atoms with Crippen molar-refractivity contribution in [1.82, 2.24) is 0 Å². The third-order valence-corrected chi connectivity index (χ3v) is 7.30. The molecule has 1 nitrogen and oxygen atoms in total. The molecule has 0 radical (unpaired) electrons. The minimum absolute atomic E-state index is 0.319. The van der Waals surface area contributed by atoms with Crippen LogP contribution in [0.15, 0.2) is 42.5 Å². The zero-order valence-electron chi connectivity index (χ0n) is 16.0. The molecule has 3 aliphatic rings. The summed E-state index contributed by atoms with van der Waals surface area (Å²) in [5.41, 5.74) is 10.7. The molecule has 1 aromatic heterocycles. The van der Waals surface area contributed by atoms with Gasteiger partial charge >= 0.3 is 0 Å². The summed E-state index contributed by atoms with van der Waals surface area (Å²) >= 11 is 0. The molecule has 6 rings (SSSR count). The molecular formula is C25H26N+. The molecule has 0 N–H and O–H groups in total. The van der Waals surface area contributed by atoms with Gasteiger partial charge in [0.05, 0.1) is 11.5 Å². The Hall–Kier alpha value is -2.15. The molecule has 3 atom stereocenters. The molecule has 1 heteroatoms. The fraction of sp³-hybridized carbons (Fsp3) is 0.400. The Morgan fingerprint density at radius 1 is 1.04 bits per heavy atom. The van der Waals surface area contributed by atoms with Crippen molar-refractivity contribution < 1.29 is 4.57 Å². The molecule has 2 aromatic carbocycles. The Labute approximate surface area is 155 Å². The van der Waals surface area contributed by atoms with E-state index in [1.807, 2.05) is 0 Å². The molecule has 26 heavy (non-hydrogen) atoms. The molecule has 2 aliphatic heterocycles. The number of fused-ring (bicyclic) bond motifs is 4. The van der Waals surface area contributed by atoms with Crippen LogP contribution in [0.5, 0.6) is 0 Å². The maximum absolute atomic E-state index is 2.76. The van der Waals surface area contributed by atoms with Gasteiger partial charge in [-0.1, -0.05) is 24.6 Å². The topological polar surface area (TPSA) is 3.88 Å². The molecule has 1 fully saturated rings. The SMILES string of the molecule is Cc1cc(C)c2c(c1)-c1ccc3ccc4cc3[n+]1C1(CCC(C)C4)CC21. The smallest absolute Gasteiger partial charge is 0.185 e. The van der Waals surface area contributed by atoms with E-state index in [2.05, 4.69) is 67.8 Å². The molecule has 1 aliphatic carbocycles. The lowest BCUT2D eigenvalue weighted by atomic mass is 9.85. The molecule has 3 aromatic rings. The summed E-state index contributed by atoms with van der Waals surface area (Å²) in [6.45, 7) is 7.00. The minimum Gasteiger partial charge on any atom is -0.185 e. The second-order valence-electron chi connectivity index (χ2n) is 9.20. The first-order chi connectivity index (χ1) is 12.6. The first kappa shape index (κ1) is 15.0. The predicted molar refractivity (Wildman–Crippen MR) is 106 cm³/mol. The van der Waals surface area contributed by atoms with Crippen molar-refractivity contribution in [2.75, 3.05) is 0 Å². The quantitative estimate of drug-likeness (QED) is 0.470. The first-order valence-corrected chi connectivity index (χ1v) is 10.2. The van der Waals surface area contributed by atoms with Crippen LogP contribution in [0.2, 0.25) is 0 Å². The van der Waals surface area contributed by atoms with Crippen LogP contribution < -0.4 is 4.57 Å². The largest absolute Gasteiger partial charge is 0.213 e. The van der Waals surface area contributed by atoms with Gasteiger partial charge in [-0.05, 0) is 67.5 Å². The van der Waals surface area contributed by atoms with Crippen molar-refractivity contribution >= 4 is 10.9 Å². The van der Waals surface area contributed by atoms with Crippen LogP contribution in [0.4, 0.5) is 0 Å². The summed E-state index contributed by atoms with van der Waals surface area (Å²) in [6.07, 6.45) is 5.18. The number of aryl methyl sites for hydroxylation is 2. The van der Waals surface area contributed by atoms with Crippen LogP contribution in [0.1, 0.15) is 54.4 Å². The Balaban J connectivity index is 1.75. The highest BCUT2D eigenvalue weighted by molar-refractivity contribution is 5.80. The van der Waals surface area contributed by atoms with Crippen molar-refractivity contribution in [3.63, 3.8) is 0 Å². The highest BCUT2D eigenvalue weighted by Crippen LogP contribution is 2.63. The van der Waals surface area contributed by atoms with Gasteiger partial charge in [0, 0.05) is 30.4 Å². The van der Waals surface area contributed by atoms with Gasteiger partial charge in [-0.2, -0.15) is 4.57 Å². The van der Waals surface area contributed by atoms with Crippen molar-refractivity contribution in [2.45, 2.75) is 57.9 Å². The average molecular weight is 340 g/mol. The number of pyridine rings is 1. The van der Waals surface area contributed by atoms with Crippen molar-refractivity contribution in [3.05, 3.63) is 64.7 Å². The molecular weight excluding hydrogens is 314 g/mol. The van der Waals surface area contributed by atoms with Crippen LogP contribution in [-0.4, -0.2) is 0 Å². The monoisotopic (exact) mass is 340 g/mol. The Kier molecular flexibility index (Phi) is 2.74. The molecule has 130 valence electrons. The maximum Gasteiger partial charge on any atom is 0.213 e. The molecule has 0 saturated heterocycles. The average Bonchev–Trinajstić information content (AvgIpc) is 3.33. The zero-order chi connectivity index (χ0) is 17.6. The number of benzene rings is 2. The second kappa shape index (κ2) is 4.76. The fourth-order valence-electron chi connectivity index (χ4n) is 6.07. The first-order valence-electron chi connectivity index (χ1n) is 10.2. The summed E-state index contributed by atoms with van der Waals surface area (Å²) in [5.74, 6) is 1.47. The number of rotatable bonds is 0. The zero-order valence-corrected chi connectivity index (χ0v) is 16.0. The van der Waals surface area contributed by atoms with Gasteiger partial charge in [0.15, 0.2) is 5.54 Å². The Morgan fingerprint density at radius 3 is 2.77 bits per heavy atom. The fourth-order valence-corrected chi connectivity index (χ4v) is 6.07. The molecule has 2 bridgehead atoms. The lowest BCUT2D eigenvalue weighted by Gasteiger charge is -2.25. The van der Waals surface area contributed by atoms with Gasteiger partial charge in [-0.15, -0.1) is 0 Å². The van der Waals surface area contributed by atoms with E-state index in [4.69, 9.17) is 0 Å². The number of nitrogens with zero attached hydrogens (tertiary/aromatic N) is 1. The van der Waals surface area contributed by atoms with Crippen LogP contribution in [0.3, 0.4) is 0 Å². The van der Waals surface area contributed by atoms with Crippen molar-refractivity contribution in [1.29, 1.82) is 0 Å². The number of hydrogen-bond donors (Lipinski definition) is 0. The van der Waals surface area contributed by atoms with Gasteiger partial charge in [-0.3, -0.25) is 0 Å². The summed E-state index contributed by atoms with van der Waals surface area (Å²) in [5, 5.41) is 1.39. The van der Waals surface area contributed by atoms with Gasteiger partial charge in [-0.25, -0.2) is 0 Å². The summed E-state index contributed by atoms with van der Waals surface area (Å²) < 4.78 is 2.76. The summed E-state index contributed by atoms with van der Waals surface area (Å²) in [6, 6.07) is 16.7. The van der Waals surface area contributed by atoms with Gasteiger partial charge in [0.1, 0.15) is 0 Å². The van der Waals surface area contributed by atoms with E-state index in [0.717, 1.165) is 5.92 Å². The summed E-state index contributed by atoms with van der Waals surface area (Å²) in [7, 11) is 0. The lowest BCUT2D eigenvalue weighted by Crippen LogP contribution is -2.52. The van der Waals surface area contributed by atoms with Gasteiger partial charge in [0.25, 0.3) is 0 Å². The van der Waals surface area contributed by atoms with E-state index < -0.39 is 0 Å². The number of hydrogen-bond acceptors (Lipinski definition) is 0. The highest BCUT2D eigenvalue weighted by Gasteiger charge is 2.67. The molecule has 1 spiro atoms. The van der Waals surface area contributed by atoms with Crippen LogP contribution in [0.25, 0.3) is 22.2 Å².